The third kappa shape index (κ3) is 2.97. The van der Waals surface area contributed by atoms with Crippen LogP contribution in [0.2, 0.25) is 0 Å². The fourth-order valence-corrected chi connectivity index (χ4v) is 3.98. The van der Waals surface area contributed by atoms with Crippen molar-refractivity contribution in [3.63, 3.8) is 0 Å². The molecule has 114 valence electrons. The second kappa shape index (κ2) is 6.05. The summed E-state index contributed by atoms with van der Waals surface area (Å²) < 4.78 is 5.19. The fourth-order valence-electron chi connectivity index (χ4n) is 2.84. The van der Waals surface area contributed by atoms with Crippen LogP contribution < -0.4 is 0 Å². The van der Waals surface area contributed by atoms with Crippen molar-refractivity contribution in [2.24, 2.45) is 0 Å². The number of benzene rings is 1. The molecule has 0 bridgehead atoms. The number of fused-ring (bicyclic) bond motifs is 1. The van der Waals surface area contributed by atoms with Crippen LogP contribution in [0.5, 0.6) is 0 Å². The van der Waals surface area contributed by atoms with Crippen LogP contribution >= 0.6 is 11.3 Å². The molecule has 0 fully saturated rings. The maximum atomic E-state index is 12.2. The maximum Gasteiger partial charge on any atom is 0.348 e. The zero-order valence-corrected chi connectivity index (χ0v) is 13.6. The molecular weight excluding hydrogens is 296 g/mol. The number of hydrogen-bond acceptors (Lipinski definition) is 4. The molecule has 3 rings (SSSR count). The van der Waals surface area contributed by atoms with Gasteiger partial charge in [-0.2, -0.15) is 0 Å². The normalized spacial score (nSPS) is 13.0. The first-order valence-corrected chi connectivity index (χ1v) is 8.25. The molecule has 2 aromatic rings. The fraction of sp³-hybridized carbons (Fsp3) is 0.333. The van der Waals surface area contributed by atoms with E-state index in [1.165, 1.54) is 28.2 Å². The second-order valence-corrected chi connectivity index (χ2v) is 6.87. The molecular formula is C18H18O3S. The van der Waals surface area contributed by atoms with E-state index in [1.54, 1.807) is 6.07 Å². The van der Waals surface area contributed by atoms with E-state index in [0.29, 0.717) is 10.4 Å². The number of aryl methyl sites for hydroxylation is 4. The molecule has 0 atom stereocenters. The average Bonchev–Trinajstić information content (AvgIpc) is 3.05. The molecule has 0 radical (unpaired) electrons. The molecule has 1 aliphatic rings. The van der Waals surface area contributed by atoms with Gasteiger partial charge in [-0.05, 0) is 50.3 Å². The second-order valence-electron chi connectivity index (χ2n) is 5.73. The summed E-state index contributed by atoms with van der Waals surface area (Å²) >= 11 is 1.50. The molecule has 22 heavy (non-hydrogen) atoms. The van der Waals surface area contributed by atoms with Crippen LogP contribution in [0.25, 0.3) is 0 Å². The Bertz CT molecular complexity index is 721. The minimum absolute atomic E-state index is 0.157. The Balaban J connectivity index is 1.63. The highest BCUT2D eigenvalue weighted by molar-refractivity contribution is 7.14. The average molecular weight is 314 g/mol. The Kier molecular flexibility index (Phi) is 4.12. The molecule has 1 aromatic heterocycles. The molecule has 0 aliphatic heterocycles. The highest BCUT2D eigenvalue weighted by Gasteiger charge is 2.20. The van der Waals surface area contributed by atoms with Gasteiger partial charge in [0.2, 0.25) is 5.78 Å². The van der Waals surface area contributed by atoms with Crippen LogP contribution in [-0.2, 0) is 17.6 Å². The summed E-state index contributed by atoms with van der Waals surface area (Å²) in [6, 6.07) is 7.56. The summed E-state index contributed by atoms with van der Waals surface area (Å²) in [5.74, 6) is -0.549. The van der Waals surface area contributed by atoms with Gasteiger partial charge in [0.25, 0.3) is 0 Å². The predicted octanol–water partition coefficient (Wildman–Crippen LogP) is 3.89. The molecule has 0 saturated carbocycles. The standard InChI is InChI=1S/C18H18O3S/c1-11-6-7-14(12(2)8-11)15(19)10-21-18(20)17-9-13-4-3-5-16(13)22-17/h6-9H,3-5,10H2,1-2H3. The SMILES string of the molecule is Cc1ccc(C(=O)COC(=O)c2cc3c(s2)CCC3)c(C)c1. The number of Topliss-reactive ketones (excluding diaryl/α,β-unsaturated/α-hetero) is 1. The molecule has 0 unspecified atom stereocenters. The first-order chi connectivity index (χ1) is 10.5. The predicted molar refractivity (Wildman–Crippen MR) is 86.9 cm³/mol. The first-order valence-electron chi connectivity index (χ1n) is 7.44. The third-order valence-corrected chi connectivity index (χ3v) is 5.18. The van der Waals surface area contributed by atoms with Gasteiger partial charge >= 0.3 is 5.97 Å². The quantitative estimate of drug-likeness (QED) is 0.635. The lowest BCUT2D eigenvalue weighted by Crippen LogP contribution is -2.14. The maximum absolute atomic E-state index is 12.2. The highest BCUT2D eigenvalue weighted by Crippen LogP contribution is 2.30. The Morgan fingerprint density at radius 2 is 2.00 bits per heavy atom. The van der Waals surface area contributed by atoms with E-state index in [2.05, 4.69) is 0 Å². The van der Waals surface area contributed by atoms with Gasteiger partial charge in [0.1, 0.15) is 4.88 Å². The van der Waals surface area contributed by atoms with Crippen LogP contribution in [0.3, 0.4) is 0 Å². The number of carbonyl (C=O) groups excluding carboxylic acids is 2. The van der Waals surface area contributed by atoms with E-state index in [4.69, 9.17) is 4.74 Å². The van der Waals surface area contributed by atoms with Crippen molar-refractivity contribution in [1.82, 2.24) is 0 Å². The van der Waals surface area contributed by atoms with Gasteiger partial charge in [-0.1, -0.05) is 23.8 Å². The van der Waals surface area contributed by atoms with Gasteiger partial charge in [-0.15, -0.1) is 11.3 Å². The van der Waals surface area contributed by atoms with Crippen molar-refractivity contribution < 1.29 is 14.3 Å². The molecule has 0 N–H and O–H groups in total. The van der Waals surface area contributed by atoms with E-state index in [9.17, 15) is 9.59 Å². The Labute approximate surface area is 133 Å². The number of esters is 1. The summed E-state index contributed by atoms with van der Waals surface area (Å²) in [7, 11) is 0. The summed E-state index contributed by atoms with van der Waals surface area (Å²) in [6.45, 7) is 3.68. The highest BCUT2D eigenvalue weighted by atomic mass is 32.1. The van der Waals surface area contributed by atoms with Gasteiger partial charge in [-0.25, -0.2) is 4.79 Å². The molecule has 4 heteroatoms. The van der Waals surface area contributed by atoms with Crippen LogP contribution in [0.15, 0.2) is 24.3 Å². The van der Waals surface area contributed by atoms with Gasteiger partial charge in [0, 0.05) is 10.4 Å². The van der Waals surface area contributed by atoms with E-state index in [0.717, 1.165) is 24.0 Å². The van der Waals surface area contributed by atoms with Crippen molar-refractivity contribution >= 4 is 23.1 Å². The molecule has 1 aliphatic carbocycles. The Hall–Kier alpha value is -1.94. The van der Waals surface area contributed by atoms with Crippen molar-refractivity contribution in [3.05, 3.63) is 56.3 Å². The number of rotatable bonds is 4. The minimum Gasteiger partial charge on any atom is -0.453 e. The summed E-state index contributed by atoms with van der Waals surface area (Å²) in [5, 5.41) is 0. The zero-order chi connectivity index (χ0) is 15.7. The molecule has 3 nitrogen and oxygen atoms in total. The van der Waals surface area contributed by atoms with Gasteiger partial charge in [0.15, 0.2) is 6.61 Å². The Morgan fingerprint density at radius 3 is 2.73 bits per heavy atom. The molecule has 1 heterocycles. The molecule has 1 aromatic carbocycles. The van der Waals surface area contributed by atoms with Gasteiger partial charge in [0.05, 0.1) is 0 Å². The molecule has 0 spiro atoms. The number of carbonyl (C=O) groups is 2. The molecule has 0 saturated heterocycles. The largest absolute Gasteiger partial charge is 0.453 e. The summed E-state index contributed by atoms with van der Waals surface area (Å²) in [6.07, 6.45) is 3.26. The number of ether oxygens (including phenoxy) is 1. The number of thiophene rings is 1. The van der Waals surface area contributed by atoms with Crippen molar-refractivity contribution in [1.29, 1.82) is 0 Å². The zero-order valence-electron chi connectivity index (χ0n) is 12.8. The van der Waals surface area contributed by atoms with Crippen LogP contribution in [0.1, 0.15) is 48.0 Å². The summed E-state index contributed by atoms with van der Waals surface area (Å²) in [5.41, 5.74) is 3.90. The smallest absolute Gasteiger partial charge is 0.348 e. The lowest BCUT2D eigenvalue weighted by atomic mass is 10.0. The Morgan fingerprint density at radius 1 is 1.18 bits per heavy atom. The van der Waals surface area contributed by atoms with Crippen LogP contribution in [0.4, 0.5) is 0 Å². The third-order valence-electron chi connectivity index (χ3n) is 3.96. The lowest BCUT2D eigenvalue weighted by Gasteiger charge is -2.06. The lowest BCUT2D eigenvalue weighted by molar-refractivity contribution is 0.0479. The first kappa shape index (κ1) is 15.0. The van der Waals surface area contributed by atoms with Crippen molar-refractivity contribution in [2.45, 2.75) is 33.1 Å². The number of ketones is 1. The van der Waals surface area contributed by atoms with Crippen LogP contribution in [-0.4, -0.2) is 18.4 Å². The van der Waals surface area contributed by atoms with E-state index < -0.39 is 5.97 Å². The number of hydrogen-bond donors (Lipinski definition) is 0. The van der Waals surface area contributed by atoms with E-state index >= 15 is 0 Å². The monoisotopic (exact) mass is 314 g/mol. The molecule has 0 amide bonds. The topological polar surface area (TPSA) is 43.4 Å². The minimum atomic E-state index is -0.391. The van der Waals surface area contributed by atoms with E-state index in [1.807, 2.05) is 32.0 Å². The summed E-state index contributed by atoms with van der Waals surface area (Å²) in [4.78, 5) is 26.1. The van der Waals surface area contributed by atoms with Crippen molar-refractivity contribution in [3.8, 4) is 0 Å². The van der Waals surface area contributed by atoms with E-state index in [-0.39, 0.29) is 12.4 Å². The van der Waals surface area contributed by atoms with Gasteiger partial charge in [-0.3, -0.25) is 4.79 Å². The van der Waals surface area contributed by atoms with Crippen LogP contribution in [0, 0.1) is 13.8 Å². The van der Waals surface area contributed by atoms with Crippen molar-refractivity contribution in [2.75, 3.05) is 6.61 Å². The van der Waals surface area contributed by atoms with Gasteiger partial charge < -0.3 is 4.74 Å².